The first kappa shape index (κ1) is 20.3. The Labute approximate surface area is 177 Å². The zero-order valence-corrected chi connectivity index (χ0v) is 17.0. The van der Waals surface area contributed by atoms with Crippen LogP contribution in [0.4, 0.5) is 0 Å². The largest absolute Gasteiger partial charge is 0.462 e. The maximum Gasteiger partial charge on any atom is 0.341 e. The molecule has 0 bridgehead atoms. The molecule has 0 fully saturated rings. The Morgan fingerprint density at radius 1 is 0.935 bits per heavy atom. The molecule has 0 aliphatic rings. The van der Waals surface area contributed by atoms with Crippen LogP contribution in [0.15, 0.2) is 63.8 Å². The van der Waals surface area contributed by atoms with Crippen molar-refractivity contribution in [2.75, 3.05) is 13.2 Å². The molecule has 0 saturated heterocycles. The number of hydrogen-bond acceptors (Lipinski definition) is 7. The van der Waals surface area contributed by atoms with Crippen molar-refractivity contribution in [3.8, 4) is 11.5 Å². The number of carbonyl (C=O) groups is 2. The van der Waals surface area contributed by atoms with E-state index in [0.29, 0.717) is 5.69 Å². The maximum absolute atomic E-state index is 12.9. The van der Waals surface area contributed by atoms with Crippen LogP contribution in [-0.2, 0) is 9.47 Å². The second-order valence-electron chi connectivity index (χ2n) is 6.71. The van der Waals surface area contributed by atoms with E-state index in [1.165, 1.54) is 18.2 Å². The van der Waals surface area contributed by atoms with E-state index in [9.17, 15) is 14.4 Å². The first-order valence-corrected chi connectivity index (χ1v) is 9.84. The van der Waals surface area contributed by atoms with Crippen molar-refractivity contribution in [3.05, 3.63) is 75.9 Å². The number of benzene rings is 2. The summed E-state index contributed by atoms with van der Waals surface area (Å²) < 4.78 is 16.1. The molecule has 2 aromatic carbocycles. The fourth-order valence-electron chi connectivity index (χ4n) is 3.28. The lowest BCUT2D eigenvalue weighted by Gasteiger charge is -2.10. The topological polar surface area (TPSA) is 95.7 Å². The summed E-state index contributed by atoms with van der Waals surface area (Å²) in [6.45, 7) is 3.62. The van der Waals surface area contributed by atoms with E-state index in [2.05, 4.69) is 4.98 Å². The number of ether oxygens (including phenoxy) is 2. The van der Waals surface area contributed by atoms with Crippen molar-refractivity contribution in [1.29, 1.82) is 0 Å². The molecular formula is C24H19NO6. The molecular weight excluding hydrogens is 398 g/mol. The van der Waals surface area contributed by atoms with E-state index in [0.717, 1.165) is 10.9 Å². The minimum absolute atomic E-state index is 0.0258. The lowest BCUT2D eigenvalue weighted by molar-refractivity contribution is 0.0526. The molecule has 0 radical (unpaired) electrons. The van der Waals surface area contributed by atoms with Crippen molar-refractivity contribution < 1.29 is 23.5 Å². The maximum atomic E-state index is 12.9. The Morgan fingerprint density at radius 2 is 1.68 bits per heavy atom. The highest BCUT2D eigenvalue weighted by atomic mass is 16.5. The molecule has 0 amide bonds. The third kappa shape index (κ3) is 3.90. The molecule has 0 N–H and O–H groups in total. The summed E-state index contributed by atoms with van der Waals surface area (Å²) >= 11 is 0. The van der Waals surface area contributed by atoms with Gasteiger partial charge in [-0.3, -0.25) is 4.79 Å². The highest BCUT2D eigenvalue weighted by Crippen LogP contribution is 2.27. The molecule has 31 heavy (non-hydrogen) atoms. The molecule has 4 aromatic rings. The normalized spacial score (nSPS) is 10.9. The first-order chi connectivity index (χ1) is 15.0. The van der Waals surface area contributed by atoms with E-state index >= 15 is 0 Å². The molecule has 0 spiro atoms. The van der Waals surface area contributed by atoms with Crippen LogP contribution in [0.1, 0.15) is 34.6 Å². The van der Waals surface area contributed by atoms with Crippen LogP contribution in [0.3, 0.4) is 0 Å². The molecule has 156 valence electrons. The van der Waals surface area contributed by atoms with E-state index in [1.54, 1.807) is 19.9 Å². The minimum Gasteiger partial charge on any atom is -0.462 e. The number of rotatable bonds is 5. The molecule has 7 nitrogen and oxygen atoms in total. The number of nitrogens with zero attached hydrogens (tertiary/aromatic N) is 1. The van der Waals surface area contributed by atoms with Crippen LogP contribution < -0.4 is 5.43 Å². The molecule has 2 heterocycles. The number of aromatic nitrogens is 1. The van der Waals surface area contributed by atoms with Crippen LogP contribution >= 0.6 is 0 Å². The van der Waals surface area contributed by atoms with Crippen LogP contribution in [0.2, 0.25) is 0 Å². The Morgan fingerprint density at radius 3 is 2.45 bits per heavy atom. The van der Waals surface area contributed by atoms with Gasteiger partial charge in [-0.15, -0.1) is 0 Å². The second kappa shape index (κ2) is 8.39. The van der Waals surface area contributed by atoms with Gasteiger partial charge in [0.05, 0.1) is 29.7 Å². The lowest BCUT2D eigenvalue weighted by atomic mass is 10.0. The SMILES string of the molecule is CCOC(=O)c1cc(C(=O)OCC)c2oc(-c3ccc4ccccc4n3)cc(=O)c2c1. The van der Waals surface area contributed by atoms with E-state index in [4.69, 9.17) is 13.9 Å². The van der Waals surface area contributed by atoms with Gasteiger partial charge in [-0.2, -0.15) is 0 Å². The van der Waals surface area contributed by atoms with Crippen LogP contribution in [0.5, 0.6) is 0 Å². The number of hydrogen-bond donors (Lipinski definition) is 0. The van der Waals surface area contributed by atoms with Crippen LogP contribution in [0, 0.1) is 0 Å². The lowest BCUT2D eigenvalue weighted by Crippen LogP contribution is -2.12. The molecule has 2 aromatic heterocycles. The predicted octanol–water partition coefficient (Wildman–Crippen LogP) is 4.36. The summed E-state index contributed by atoms with van der Waals surface area (Å²) in [5, 5.41) is 1.03. The first-order valence-electron chi connectivity index (χ1n) is 9.84. The third-order valence-electron chi connectivity index (χ3n) is 4.69. The molecule has 0 unspecified atom stereocenters. The van der Waals surface area contributed by atoms with Gasteiger partial charge in [0.1, 0.15) is 11.3 Å². The van der Waals surface area contributed by atoms with Crippen LogP contribution in [-0.4, -0.2) is 30.1 Å². The zero-order valence-electron chi connectivity index (χ0n) is 17.0. The van der Waals surface area contributed by atoms with Crippen molar-refractivity contribution in [2.45, 2.75) is 13.8 Å². The Kier molecular flexibility index (Phi) is 5.49. The number of carbonyl (C=O) groups excluding carboxylic acids is 2. The quantitative estimate of drug-likeness (QED) is 0.445. The molecule has 0 aliphatic heterocycles. The van der Waals surface area contributed by atoms with Gasteiger partial charge < -0.3 is 13.9 Å². The van der Waals surface area contributed by atoms with Gasteiger partial charge in [0.2, 0.25) is 0 Å². The summed E-state index contributed by atoms with van der Waals surface area (Å²) in [6, 6.07) is 15.1. The number of fused-ring (bicyclic) bond motifs is 2. The second-order valence-corrected chi connectivity index (χ2v) is 6.71. The summed E-state index contributed by atoms with van der Waals surface area (Å²) in [6.07, 6.45) is 0. The summed E-state index contributed by atoms with van der Waals surface area (Å²) in [4.78, 5) is 42.3. The average molecular weight is 417 g/mol. The smallest absolute Gasteiger partial charge is 0.341 e. The highest BCUT2D eigenvalue weighted by Gasteiger charge is 2.21. The summed E-state index contributed by atoms with van der Waals surface area (Å²) in [7, 11) is 0. The zero-order chi connectivity index (χ0) is 22.0. The molecule has 7 heteroatoms. The minimum atomic E-state index is -0.703. The molecule has 0 atom stereocenters. The van der Waals surface area contributed by atoms with Crippen molar-refractivity contribution in [3.63, 3.8) is 0 Å². The van der Waals surface area contributed by atoms with E-state index in [-0.39, 0.29) is 41.1 Å². The van der Waals surface area contributed by atoms with Gasteiger partial charge in [0.25, 0.3) is 0 Å². The van der Waals surface area contributed by atoms with Gasteiger partial charge >= 0.3 is 11.9 Å². The standard InChI is InChI=1S/C24H19NO6/c1-3-29-23(27)15-11-16-20(26)13-21(31-22(16)17(12-15)24(28)30-4-2)19-10-9-14-7-5-6-8-18(14)25-19/h5-13H,3-4H2,1-2H3. The van der Waals surface area contributed by atoms with Gasteiger partial charge in [-0.25, -0.2) is 14.6 Å². The number of pyridine rings is 1. The van der Waals surface area contributed by atoms with E-state index in [1.807, 2.05) is 30.3 Å². The summed E-state index contributed by atoms with van der Waals surface area (Å²) in [5.74, 6) is -1.14. The van der Waals surface area contributed by atoms with Crippen molar-refractivity contribution >= 4 is 33.8 Å². The van der Waals surface area contributed by atoms with Gasteiger partial charge in [0.15, 0.2) is 16.8 Å². The van der Waals surface area contributed by atoms with Gasteiger partial charge in [-0.1, -0.05) is 24.3 Å². The molecule has 0 aliphatic carbocycles. The van der Waals surface area contributed by atoms with Gasteiger partial charge in [-0.05, 0) is 38.1 Å². The van der Waals surface area contributed by atoms with Crippen LogP contribution in [0.25, 0.3) is 33.3 Å². The molecule has 4 rings (SSSR count). The highest BCUT2D eigenvalue weighted by molar-refractivity contribution is 6.06. The van der Waals surface area contributed by atoms with Gasteiger partial charge in [0, 0.05) is 11.5 Å². The van der Waals surface area contributed by atoms with E-state index < -0.39 is 17.4 Å². The Hall–Kier alpha value is -4.00. The Balaban J connectivity index is 1.94. The number of para-hydroxylation sites is 1. The number of esters is 2. The summed E-state index contributed by atoms with van der Waals surface area (Å²) in [5.41, 5.74) is 0.850. The monoisotopic (exact) mass is 417 g/mol. The average Bonchev–Trinajstić information content (AvgIpc) is 2.78. The Bertz CT molecular complexity index is 1370. The van der Waals surface area contributed by atoms with Crippen molar-refractivity contribution in [2.24, 2.45) is 0 Å². The predicted molar refractivity (Wildman–Crippen MR) is 115 cm³/mol. The third-order valence-corrected chi connectivity index (χ3v) is 4.69. The fourth-order valence-corrected chi connectivity index (χ4v) is 3.28. The molecule has 0 saturated carbocycles. The fraction of sp³-hybridized carbons (Fsp3) is 0.167. The van der Waals surface area contributed by atoms with Crippen molar-refractivity contribution in [1.82, 2.24) is 4.98 Å².